The minimum absolute atomic E-state index is 0.633. The van der Waals surface area contributed by atoms with Crippen LogP contribution in [0.15, 0.2) is 35.3 Å². The summed E-state index contributed by atoms with van der Waals surface area (Å²) < 4.78 is 0. The van der Waals surface area contributed by atoms with Crippen molar-refractivity contribution < 1.29 is 4.79 Å². The van der Waals surface area contributed by atoms with Crippen LogP contribution >= 0.6 is 11.6 Å². The molecule has 0 radical (unpaired) electrons. The highest BCUT2D eigenvalue weighted by Gasteiger charge is 1.94. The van der Waals surface area contributed by atoms with Crippen molar-refractivity contribution in [2.75, 3.05) is 0 Å². The van der Waals surface area contributed by atoms with E-state index in [0.717, 1.165) is 5.69 Å². The summed E-state index contributed by atoms with van der Waals surface area (Å²) >= 11 is 5.50. The van der Waals surface area contributed by atoms with E-state index < -0.39 is 5.38 Å². The highest BCUT2D eigenvalue weighted by molar-refractivity contribution is 6.36. The van der Waals surface area contributed by atoms with Gasteiger partial charge in [-0.2, -0.15) is 0 Å². The highest BCUT2D eigenvalue weighted by Crippen LogP contribution is 2.08. The number of aldehydes is 1. The molecular formula is C9H8ClNO. The maximum Gasteiger partial charge on any atom is 0.143 e. The number of benzene rings is 1. The highest BCUT2D eigenvalue weighted by atomic mass is 35.5. The van der Waals surface area contributed by atoms with E-state index in [1.54, 1.807) is 0 Å². The molecule has 0 amide bonds. The molecule has 1 rings (SSSR count). The molecule has 0 aliphatic heterocycles. The molecule has 0 saturated carbocycles. The van der Waals surface area contributed by atoms with Crippen molar-refractivity contribution in [2.45, 2.75) is 5.38 Å². The van der Waals surface area contributed by atoms with E-state index in [-0.39, 0.29) is 0 Å². The molecule has 0 aliphatic carbocycles. The number of carbonyl (C=O) groups is 1. The molecule has 1 aromatic carbocycles. The Morgan fingerprint density at radius 1 is 1.33 bits per heavy atom. The van der Waals surface area contributed by atoms with E-state index in [9.17, 15) is 4.79 Å². The first kappa shape index (κ1) is 8.94. The van der Waals surface area contributed by atoms with Crippen molar-refractivity contribution in [1.29, 1.82) is 0 Å². The summed E-state index contributed by atoms with van der Waals surface area (Å²) in [4.78, 5) is 14.1. The van der Waals surface area contributed by atoms with E-state index in [4.69, 9.17) is 11.6 Å². The molecule has 12 heavy (non-hydrogen) atoms. The number of carbonyl (C=O) groups excluding carboxylic acids is 1. The largest absolute Gasteiger partial charge is 0.301 e. The normalized spacial score (nSPS) is 13.1. The first-order valence-electron chi connectivity index (χ1n) is 3.51. The fourth-order valence-corrected chi connectivity index (χ4v) is 0.763. The van der Waals surface area contributed by atoms with Crippen molar-refractivity contribution in [3.05, 3.63) is 30.3 Å². The third-order valence-corrected chi connectivity index (χ3v) is 1.47. The summed E-state index contributed by atoms with van der Waals surface area (Å²) in [5, 5.41) is -0.634. The summed E-state index contributed by atoms with van der Waals surface area (Å²) in [6.45, 7) is 0. The van der Waals surface area contributed by atoms with Gasteiger partial charge in [-0.15, -0.1) is 11.6 Å². The minimum atomic E-state index is -0.634. The van der Waals surface area contributed by atoms with Crippen LogP contribution < -0.4 is 0 Å². The molecule has 0 saturated heterocycles. The predicted octanol–water partition coefficient (Wildman–Crippen LogP) is 2.20. The Morgan fingerprint density at radius 3 is 2.58 bits per heavy atom. The molecule has 0 heterocycles. The Hall–Kier alpha value is -1.15. The van der Waals surface area contributed by atoms with Gasteiger partial charge in [0.25, 0.3) is 0 Å². The molecule has 0 spiro atoms. The second kappa shape index (κ2) is 4.67. The number of rotatable bonds is 3. The maximum absolute atomic E-state index is 10.1. The fraction of sp³-hybridized carbons (Fsp3) is 0.111. The molecule has 0 aliphatic rings. The summed E-state index contributed by atoms with van der Waals surface area (Å²) in [6, 6.07) is 9.32. The molecule has 0 fully saturated rings. The average molecular weight is 182 g/mol. The molecule has 1 aromatic rings. The van der Waals surface area contributed by atoms with Crippen LogP contribution in [0.25, 0.3) is 0 Å². The minimum Gasteiger partial charge on any atom is -0.301 e. The predicted molar refractivity (Wildman–Crippen MR) is 50.3 cm³/mol. The van der Waals surface area contributed by atoms with Gasteiger partial charge in [-0.3, -0.25) is 4.99 Å². The van der Waals surface area contributed by atoms with Crippen LogP contribution in [-0.4, -0.2) is 17.9 Å². The van der Waals surface area contributed by atoms with Gasteiger partial charge in [0.05, 0.1) is 5.69 Å². The summed E-state index contributed by atoms with van der Waals surface area (Å²) in [5.74, 6) is 0. The Kier molecular flexibility index (Phi) is 3.48. The van der Waals surface area contributed by atoms with Crippen molar-refractivity contribution in [3.63, 3.8) is 0 Å². The van der Waals surface area contributed by atoms with Crippen LogP contribution in [0, 0.1) is 0 Å². The number of hydrogen-bond acceptors (Lipinski definition) is 2. The van der Waals surface area contributed by atoms with Crippen LogP contribution in [0.5, 0.6) is 0 Å². The van der Waals surface area contributed by atoms with Crippen LogP contribution in [-0.2, 0) is 4.79 Å². The monoisotopic (exact) mass is 181 g/mol. The number of para-hydroxylation sites is 1. The van der Waals surface area contributed by atoms with Crippen molar-refractivity contribution >= 4 is 29.8 Å². The van der Waals surface area contributed by atoms with Gasteiger partial charge in [0.1, 0.15) is 11.7 Å². The Morgan fingerprint density at radius 2 is 2.00 bits per heavy atom. The smallest absolute Gasteiger partial charge is 0.143 e. The lowest BCUT2D eigenvalue weighted by molar-refractivity contribution is -0.106. The zero-order valence-corrected chi connectivity index (χ0v) is 7.11. The van der Waals surface area contributed by atoms with E-state index in [1.165, 1.54) is 6.21 Å². The molecule has 2 nitrogen and oxygen atoms in total. The standard InChI is InChI=1S/C9H8ClNO/c10-8(7-12)6-11-9-4-2-1-3-5-9/h1-8H. The van der Waals surface area contributed by atoms with Crippen LogP contribution in [0.3, 0.4) is 0 Å². The molecule has 1 unspecified atom stereocenters. The van der Waals surface area contributed by atoms with Crippen molar-refractivity contribution in [3.8, 4) is 0 Å². The van der Waals surface area contributed by atoms with Gasteiger partial charge in [0.2, 0.25) is 0 Å². The van der Waals surface area contributed by atoms with Gasteiger partial charge in [-0.25, -0.2) is 0 Å². The van der Waals surface area contributed by atoms with E-state index in [0.29, 0.717) is 6.29 Å². The van der Waals surface area contributed by atoms with Gasteiger partial charge < -0.3 is 4.79 Å². The molecule has 0 bridgehead atoms. The zero-order chi connectivity index (χ0) is 8.81. The van der Waals surface area contributed by atoms with Gasteiger partial charge >= 0.3 is 0 Å². The topological polar surface area (TPSA) is 29.4 Å². The molecule has 0 aromatic heterocycles. The van der Waals surface area contributed by atoms with Crippen molar-refractivity contribution in [2.24, 2.45) is 4.99 Å². The fourth-order valence-electron chi connectivity index (χ4n) is 0.706. The van der Waals surface area contributed by atoms with E-state index >= 15 is 0 Å². The molecule has 62 valence electrons. The number of halogens is 1. The number of hydrogen-bond donors (Lipinski definition) is 0. The average Bonchev–Trinajstić information content (AvgIpc) is 2.16. The molecular weight excluding hydrogens is 174 g/mol. The molecule has 0 N–H and O–H groups in total. The lowest BCUT2D eigenvalue weighted by Crippen LogP contribution is -1.99. The second-order valence-corrected chi connectivity index (χ2v) is 2.70. The third kappa shape index (κ3) is 2.84. The van der Waals surface area contributed by atoms with Crippen LogP contribution in [0.4, 0.5) is 5.69 Å². The lowest BCUT2D eigenvalue weighted by atomic mass is 10.3. The first-order valence-corrected chi connectivity index (χ1v) is 3.95. The van der Waals surface area contributed by atoms with Gasteiger partial charge in [0, 0.05) is 6.21 Å². The van der Waals surface area contributed by atoms with Gasteiger partial charge in [-0.05, 0) is 12.1 Å². The number of nitrogens with zero attached hydrogens (tertiary/aromatic N) is 1. The maximum atomic E-state index is 10.1. The number of alkyl halides is 1. The first-order chi connectivity index (χ1) is 5.83. The number of aliphatic imine (C=N–C) groups is 1. The van der Waals surface area contributed by atoms with Crippen molar-refractivity contribution in [1.82, 2.24) is 0 Å². The van der Waals surface area contributed by atoms with Gasteiger partial charge in [0.15, 0.2) is 0 Å². The van der Waals surface area contributed by atoms with Crippen LogP contribution in [0.1, 0.15) is 0 Å². The zero-order valence-electron chi connectivity index (χ0n) is 6.35. The van der Waals surface area contributed by atoms with Crippen LogP contribution in [0.2, 0.25) is 0 Å². The molecule has 3 heteroatoms. The summed E-state index contributed by atoms with van der Waals surface area (Å²) in [7, 11) is 0. The van der Waals surface area contributed by atoms with E-state index in [1.807, 2.05) is 30.3 Å². The summed E-state index contributed by atoms with van der Waals surface area (Å²) in [5.41, 5.74) is 0.796. The second-order valence-electron chi connectivity index (χ2n) is 2.19. The quantitative estimate of drug-likeness (QED) is 0.399. The SMILES string of the molecule is O=CC(Cl)C=Nc1ccccc1. The third-order valence-electron chi connectivity index (χ3n) is 1.25. The Bertz CT molecular complexity index is 271. The Balaban J connectivity index is 2.63. The Labute approximate surface area is 75.9 Å². The van der Waals surface area contributed by atoms with Gasteiger partial charge in [-0.1, -0.05) is 18.2 Å². The summed E-state index contributed by atoms with van der Waals surface area (Å²) in [6.07, 6.45) is 2.04. The van der Waals surface area contributed by atoms with E-state index in [2.05, 4.69) is 4.99 Å². The lowest BCUT2D eigenvalue weighted by Gasteiger charge is -1.91. The molecule has 1 atom stereocenters.